The number of carbonyl (C=O) groups is 2. The first-order valence-corrected chi connectivity index (χ1v) is 13.4. The molecular weight excluding hydrogens is 436 g/mol. The molecule has 0 spiro atoms. The smallest absolute Gasteiger partial charge is 0.335 e. The van der Waals surface area contributed by atoms with Gasteiger partial charge in [0.05, 0.1) is 5.56 Å². The fourth-order valence-corrected chi connectivity index (χ4v) is 6.57. The van der Waals surface area contributed by atoms with E-state index in [2.05, 4.69) is 65.0 Å². The van der Waals surface area contributed by atoms with Crippen molar-refractivity contribution >= 4 is 11.9 Å². The Kier molecular flexibility index (Phi) is 9.01. The number of carboxylic acid groups (broad SMARTS) is 1. The predicted octanol–water partition coefficient (Wildman–Crippen LogP) is 7.73. The summed E-state index contributed by atoms with van der Waals surface area (Å²) < 4.78 is 5.60. The fourth-order valence-electron chi connectivity index (χ4n) is 6.57. The Hall–Kier alpha value is -2.36. The van der Waals surface area contributed by atoms with Crippen LogP contribution in [0.4, 0.5) is 0 Å². The van der Waals surface area contributed by atoms with E-state index in [0.29, 0.717) is 29.7 Å². The number of hydrogen-bond donors (Lipinski definition) is 1. The summed E-state index contributed by atoms with van der Waals surface area (Å²) in [4.78, 5) is 24.1. The highest BCUT2D eigenvalue weighted by atomic mass is 16.5. The molecule has 4 heteroatoms. The van der Waals surface area contributed by atoms with E-state index in [1.54, 1.807) is 0 Å². The van der Waals surface area contributed by atoms with Gasteiger partial charge >= 0.3 is 11.9 Å². The lowest BCUT2D eigenvalue weighted by Gasteiger charge is -2.40. The van der Waals surface area contributed by atoms with Crippen LogP contribution >= 0.6 is 0 Å². The first kappa shape index (κ1) is 27.2. The molecule has 0 amide bonds. The van der Waals surface area contributed by atoms with Crippen molar-refractivity contribution in [3.63, 3.8) is 0 Å². The van der Waals surface area contributed by atoms with Crippen LogP contribution in [0.1, 0.15) is 107 Å². The van der Waals surface area contributed by atoms with Crippen molar-refractivity contribution in [2.24, 2.45) is 23.2 Å². The fraction of sp³-hybridized carbons (Fsp3) is 0.613. The number of fused-ring (bicyclic) bond motifs is 8. The Balaban J connectivity index is 2.06. The van der Waals surface area contributed by atoms with Gasteiger partial charge in [-0.3, -0.25) is 4.79 Å². The Morgan fingerprint density at radius 1 is 1.14 bits per heavy atom. The van der Waals surface area contributed by atoms with Gasteiger partial charge in [-0.15, -0.1) is 0 Å². The normalized spacial score (nSPS) is 29.9. The summed E-state index contributed by atoms with van der Waals surface area (Å²) in [5.74, 6) is 0.545. The monoisotopic (exact) mass is 480 g/mol. The zero-order valence-electron chi connectivity index (χ0n) is 22.5. The third kappa shape index (κ3) is 6.65. The van der Waals surface area contributed by atoms with Gasteiger partial charge in [0.1, 0.15) is 6.10 Å². The van der Waals surface area contributed by atoms with Crippen molar-refractivity contribution < 1.29 is 19.4 Å². The molecule has 3 aliphatic rings. The van der Waals surface area contributed by atoms with E-state index in [-0.39, 0.29) is 23.4 Å². The Morgan fingerprint density at radius 3 is 2.54 bits per heavy atom. The van der Waals surface area contributed by atoms with Crippen molar-refractivity contribution in [3.8, 4) is 0 Å². The number of carboxylic acids is 1. The molecule has 2 bridgehead atoms. The number of allylic oxidation sites excluding steroid dienone is 4. The molecule has 1 aromatic rings. The van der Waals surface area contributed by atoms with Crippen LogP contribution in [0.2, 0.25) is 0 Å². The molecule has 1 saturated carbocycles. The molecule has 0 aliphatic heterocycles. The first-order valence-electron chi connectivity index (χ1n) is 13.4. The van der Waals surface area contributed by atoms with Gasteiger partial charge < -0.3 is 9.84 Å². The summed E-state index contributed by atoms with van der Waals surface area (Å²) >= 11 is 0. The van der Waals surface area contributed by atoms with Gasteiger partial charge in [0.2, 0.25) is 0 Å². The Labute approximate surface area is 211 Å². The highest BCUT2D eigenvalue weighted by Crippen LogP contribution is 2.58. The largest absolute Gasteiger partial charge is 0.478 e. The highest BCUT2D eigenvalue weighted by molar-refractivity contribution is 5.90. The van der Waals surface area contributed by atoms with Crippen molar-refractivity contribution in [3.05, 3.63) is 58.7 Å². The number of aromatic carboxylic acids is 1. The Bertz CT molecular complexity index is 972. The molecular formula is C31H44O4. The number of esters is 1. The summed E-state index contributed by atoms with van der Waals surface area (Å²) in [5, 5.41) is 10.2. The molecule has 0 aromatic heterocycles. The van der Waals surface area contributed by atoms with E-state index in [0.717, 1.165) is 49.7 Å². The maximum atomic E-state index is 12.4. The van der Waals surface area contributed by atoms with E-state index in [1.807, 2.05) is 6.07 Å². The second-order valence-corrected chi connectivity index (χ2v) is 11.5. The molecule has 0 radical (unpaired) electrons. The van der Waals surface area contributed by atoms with Gasteiger partial charge in [-0.25, -0.2) is 4.79 Å². The minimum atomic E-state index is -0.868. The summed E-state index contributed by atoms with van der Waals surface area (Å²) in [6.07, 6.45) is 13.1. The van der Waals surface area contributed by atoms with Gasteiger partial charge in [-0.1, -0.05) is 63.6 Å². The molecule has 0 heterocycles. The van der Waals surface area contributed by atoms with Crippen LogP contribution < -0.4 is 0 Å². The van der Waals surface area contributed by atoms with Crippen LogP contribution in [0.3, 0.4) is 0 Å². The van der Waals surface area contributed by atoms with Crippen molar-refractivity contribution in [1.82, 2.24) is 0 Å². The van der Waals surface area contributed by atoms with Crippen LogP contribution in [0.25, 0.3) is 0 Å². The summed E-state index contributed by atoms with van der Waals surface area (Å²) in [6.45, 7) is 12.8. The third-order valence-corrected chi connectivity index (χ3v) is 8.40. The molecule has 4 rings (SSSR count). The van der Waals surface area contributed by atoms with Crippen molar-refractivity contribution in [2.45, 2.75) is 98.5 Å². The minimum Gasteiger partial charge on any atom is -0.478 e. The van der Waals surface area contributed by atoms with Gasteiger partial charge in [-0.05, 0) is 91.7 Å². The zero-order valence-corrected chi connectivity index (χ0v) is 22.5. The van der Waals surface area contributed by atoms with Crippen LogP contribution in [-0.4, -0.2) is 23.1 Å². The lowest BCUT2D eigenvalue weighted by Crippen LogP contribution is -2.32. The van der Waals surface area contributed by atoms with E-state index in [1.165, 1.54) is 12.5 Å². The van der Waals surface area contributed by atoms with Crippen molar-refractivity contribution in [1.29, 1.82) is 0 Å². The van der Waals surface area contributed by atoms with Crippen LogP contribution in [0, 0.1) is 23.2 Å². The molecule has 5 unspecified atom stereocenters. The number of carbonyl (C=O) groups excluding carboxylic acids is 1. The van der Waals surface area contributed by atoms with Crippen molar-refractivity contribution in [2.75, 3.05) is 0 Å². The standard InChI is InChI=1S/C31H44O4/c1-20(2)9-11-22(4)28-15-16-29-26-14-12-24(19-27(26)30(33)34)18-25(35-23(5)32)13-10-21(3)8-7-17-31(28,29)6/h8-9,11-12,14,19-20,22,25,28-29H,7,10,13,15-18H2,1-6H3,(H,33,34)/b11-9+,21-8-. The van der Waals surface area contributed by atoms with E-state index in [9.17, 15) is 14.7 Å². The molecule has 35 heavy (non-hydrogen) atoms. The topological polar surface area (TPSA) is 63.6 Å². The van der Waals surface area contributed by atoms with E-state index < -0.39 is 5.97 Å². The van der Waals surface area contributed by atoms with Gasteiger partial charge in [-0.2, -0.15) is 0 Å². The number of rotatable bonds is 5. The number of benzene rings is 1. The number of ether oxygens (including phenoxy) is 1. The summed E-state index contributed by atoms with van der Waals surface area (Å²) in [5.41, 5.74) is 3.65. The lowest BCUT2D eigenvalue weighted by atomic mass is 9.64. The Morgan fingerprint density at radius 2 is 1.89 bits per heavy atom. The van der Waals surface area contributed by atoms with Gasteiger partial charge in [0.25, 0.3) is 0 Å². The first-order chi connectivity index (χ1) is 16.5. The highest BCUT2D eigenvalue weighted by Gasteiger charge is 2.48. The molecule has 5 atom stereocenters. The molecule has 1 fully saturated rings. The van der Waals surface area contributed by atoms with E-state index >= 15 is 0 Å². The predicted molar refractivity (Wildman–Crippen MR) is 142 cm³/mol. The van der Waals surface area contributed by atoms with Gasteiger partial charge in [0, 0.05) is 13.3 Å². The van der Waals surface area contributed by atoms with Crippen LogP contribution in [-0.2, 0) is 16.0 Å². The average Bonchev–Trinajstić information content (AvgIpc) is 3.11. The minimum absolute atomic E-state index is 0.0215. The zero-order chi connectivity index (χ0) is 25.8. The molecule has 3 aliphatic carbocycles. The maximum absolute atomic E-state index is 12.4. The molecule has 4 nitrogen and oxygen atoms in total. The molecule has 0 saturated heterocycles. The molecule has 192 valence electrons. The maximum Gasteiger partial charge on any atom is 0.335 e. The quantitative estimate of drug-likeness (QED) is 0.346. The molecule has 1 N–H and O–H groups in total. The van der Waals surface area contributed by atoms with Crippen LogP contribution in [0.15, 0.2) is 42.0 Å². The SMILES string of the molecule is CC(=O)OC1CC/C(C)=C\CCC2(C)C(CCC2C(C)/C=C/C(C)C)c2ccc(cc2C(=O)O)C1. The van der Waals surface area contributed by atoms with Gasteiger partial charge in [0.15, 0.2) is 0 Å². The average molecular weight is 481 g/mol. The molecule has 1 aromatic carbocycles. The number of hydrogen-bond acceptors (Lipinski definition) is 3. The van der Waals surface area contributed by atoms with Crippen LogP contribution in [0.5, 0.6) is 0 Å². The summed E-state index contributed by atoms with van der Waals surface area (Å²) in [7, 11) is 0. The second kappa shape index (κ2) is 11.6. The van der Waals surface area contributed by atoms with E-state index in [4.69, 9.17) is 4.74 Å². The lowest BCUT2D eigenvalue weighted by molar-refractivity contribution is -0.146. The summed E-state index contributed by atoms with van der Waals surface area (Å²) in [6, 6.07) is 5.94. The third-order valence-electron chi connectivity index (χ3n) is 8.40. The second-order valence-electron chi connectivity index (χ2n) is 11.5.